The second-order valence-corrected chi connectivity index (χ2v) is 7.88. The molecule has 31 heavy (non-hydrogen) atoms. The Morgan fingerprint density at radius 3 is 2.32 bits per heavy atom. The molecule has 4 rings (SSSR count). The lowest BCUT2D eigenvalue weighted by Crippen LogP contribution is -2.42. The summed E-state index contributed by atoms with van der Waals surface area (Å²) in [7, 11) is 1.55. The maximum atomic E-state index is 13.1. The summed E-state index contributed by atoms with van der Waals surface area (Å²) in [6, 6.07) is 19.6. The number of rotatable bonds is 6. The van der Waals surface area contributed by atoms with E-state index in [-0.39, 0.29) is 17.1 Å². The number of hydrogen-bond donors (Lipinski definition) is 1. The molecule has 7 heteroatoms. The highest BCUT2D eigenvalue weighted by molar-refractivity contribution is 6.31. The molecule has 0 radical (unpaired) electrons. The van der Waals surface area contributed by atoms with Gasteiger partial charge in [0.1, 0.15) is 11.8 Å². The summed E-state index contributed by atoms with van der Waals surface area (Å²) in [5, 5.41) is 16.0. The number of ether oxygens (including phenoxy) is 1. The molecule has 1 aliphatic rings. The van der Waals surface area contributed by atoms with Crippen molar-refractivity contribution in [2.45, 2.75) is 24.4 Å². The van der Waals surface area contributed by atoms with Crippen LogP contribution >= 0.6 is 11.6 Å². The van der Waals surface area contributed by atoms with Gasteiger partial charge in [0.05, 0.1) is 13.0 Å². The van der Waals surface area contributed by atoms with E-state index in [1.807, 2.05) is 24.3 Å². The van der Waals surface area contributed by atoms with Crippen molar-refractivity contribution < 1.29 is 14.5 Å². The van der Waals surface area contributed by atoms with Gasteiger partial charge in [0.15, 0.2) is 5.78 Å². The summed E-state index contributed by atoms with van der Waals surface area (Å²) in [6.07, 6.45) is 0.0115. The number of anilines is 1. The molecule has 1 N–H and O–H groups in total. The molecule has 0 saturated heterocycles. The Kier molecular flexibility index (Phi) is 5.91. The minimum absolute atomic E-state index is 0.0115. The van der Waals surface area contributed by atoms with Crippen LogP contribution in [-0.2, 0) is 0 Å². The van der Waals surface area contributed by atoms with Crippen LogP contribution < -0.4 is 10.1 Å². The Hall–Kier alpha value is -3.38. The second-order valence-electron chi connectivity index (χ2n) is 7.47. The molecule has 1 heterocycles. The summed E-state index contributed by atoms with van der Waals surface area (Å²) in [5.41, 5.74) is 2.67. The minimum Gasteiger partial charge on any atom is -0.497 e. The third-order valence-corrected chi connectivity index (χ3v) is 6.07. The number of benzene rings is 3. The fourth-order valence-corrected chi connectivity index (χ4v) is 4.46. The SMILES string of the molecule is COc1ccc(C(=O)C[C@H]2c3ccccc3N[C@H](c3ccccc3Cl)[C@H]2[N+](=O)[O-])cc1. The molecule has 0 saturated carbocycles. The summed E-state index contributed by atoms with van der Waals surface area (Å²) in [5.74, 6) is -0.122. The predicted molar refractivity (Wildman–Crippen MR) is 120 cm³/mol. The largest absolute Gasteiger partial charge is 0.497 e. The Morgan fingerprint density at radius 1 is 1.03 bits per heavy atom. The molecule has 1 aliphatic heterocycles. The predicted octanol–water partition coefficient (Wildman–Crippen LogP) is 5.52. The summed E-state index contributed by atoms with van der Waals surface area (Å²) in [4.78, 5) is 25.1. The van der Waals surface area contributed by atoms with Gasteiger partial charge in [0.2, 0.25) is 6.04 Å². The van der Waals surface area contributed by atoms with Gasteiger partial charge < -0.3 is 10.1 Å². The number of hydrogen-bond acceptors (Lipinski definition) is 5. The molecule has 3 atom stereocenters. The number of Topliss-reactive ketones (excluding diaryl/α,β-unsaturated/α-hetero) is 1. The van der Waals surface area contributed by atoms with Crippen LogP contribution in [-0.4, -0.2) is 23.9 Å². The first-order chi connectivity index (χ1) is 15.0. The maximum Gasteiger partial charge on any atom is 0.244 e. The fraction of sp³-hybridized carbons (Fsp3) is 0.208. The van der Waals surface area contributed by atoms with Gasteiger partial charge in [-0.05, 0) is 47.5 Å². The van der Waals surface area contributed by atoms with Crippen molar-refractivity contribution in [2.75, 3.05) is 12.4 Å². The molecule has 6 nitrogen and oxygen atoms in total. The van der Waals surface area contributed by atoms with Crippen molar-refractivity contribution in [1.29, 1.82) is 0 Å². The Bertz CT molecular complexity index is 1120. The topological polar surface area (TPSA) is 81.5 Å². The van der Waals surface area contributed by atoms with Gasteiger partial charge in [-0.3, -0.25) is 14.9 Å². The first-order valence-electron chi connectivity index (χ1n) is 9.90. The van der Waals surface area contributed by atoms with E-state index in [1.165, 1.54) is 0 Å². The Labute approximate surface area is 185 Å². The van der Waals surface area contributed by atoms with Crippen LogP contribution in [0.2, 0.25) is 5.02 Å². The highest BCUT2D eigenvalue weighted by Crippen LogP contribution is 2.45. The smallest absolute Gasteiger partial charge is 0.244 e. The number of fused-ring (bicyclic) bond motifs is 1. The van der Waals surface area contributed by atoms with E-state index in [1.54, 1.807) is 55.6 Å². The normalized spacial score (nSPS) is 19.7. The van der Waals surface area contributed by atoms with E-state index in [0.29, 0.717) is 21.9 Å². The van der Waals surface area contributed by atoms with Crippen molar-refractivity contribution in [3.63, 3.8) is 0 Å². The van der Waals surface area contributed by atoms with Crippen molar-refractivity contribution in [3.05, 3.63) is 105 Å². The number of methoxy groups -OCH3 is 1. The first-order valence-corrected chi connectivity index (χ1v) is 10.3. The number of nitrogens with one attached hydrogen (secondary N) is 1. The zero-order chi connectivity index (χ0) is 22.0. The highest BCUT2D eigenvalue weighted by atomic mass is 35.5. The van der Waals surface area contributed by atoms with E-state index in [4.69, 9.17) is 16.3 Å². The molecular weight excluding hydrogens is 416 g/mol. The molecule has 0 bridgehead atoms. The highest BCUT2D eigenvalue weighted by Gasteiger charge is 2.46. The zero-order valence-corrected chi connectivity index (χ0v) is 17.6. The molecule has 0 unspecified atom stereocenters. The number of para-hydroxylation sites is 1. The Balaban J connectivity index is 1.75. The van der Waals surface area contributed by atoms with Crippen molar-refractivity contribution in [2.24, 2.45) is 0 Å². The zero-order valence-electron chi connectivity index (χ0n) is 16.8. The maximum absolute atomic E-state index is 13.1. The summed E-state index contributed by atoms with van der Waals surface area (Å²) >= 11 is 6.39. The van der Waals surface area contributed by atoms with Crippen LogP contribution in [0.5, 0.6) is 5.75 Å². The molecular formula is C24H21ClN2O4. The lowest BCUT2D eigenvalue weighted by Gasteiger charge is -2.36. The third-order valence-electron chi connectivity index (χ3n) is 5.73. The van der Waals surface area contributed by atoms with Gasteiger partial charge in [-0.15, -0.1) is 0 Å². The van der Waals surface area contributed by atoms with E-state index in [2.05, 4.69) is 5.32 Å². The minimum atomic E-state index is -1.06. The number of nitro groups is 1. The monoisotopic (exact) mass is 436 g/mol. The van der Waals surface area contributed by atoms with Crippen LogP contribution in [0.15, 0.2) is 72.8 Å². The van der Waals surface area contributed by atoms with Crippen molar-refractivity contribution in [3.8, 4) is 5.75 Å². The van der Waals surface area contributed by atoms with Crippen molar-refractivity contribution in [1.82, 2.24) is 0 Å². The van der Waals surface area contributed by atoms with Crippen molar-refractivity contribution >= 4 is 23.1 Å². The summed E-state index contributed by atoms with van der Waals surface area (Å²) < 4.78 is 5.15. The van der Waals surface area contributed by atoms with Gasteiger partial charge in [-0.1, -0.05) is 48.0 Å². The lowest BCUT2D eigenvalue weighted by molar-refractivity contribution is -0.530. The lowest BCUT2D eigenvalue weighted by atomic mass is 9.77. The van der Waals surface area contributed by atoms with Crippen LogP contribution in [0, 0.1) is 10.1 Å². The quantitative estimate of drug-likeness (QED) is 0.312. The van der Waals surface area contributed by atoms with E-state index >= 15 is 0 Å². The fourth-order valence-electron chi connectivity index (χ4n) is 4.20. The number of carbonyl (C=O) groups is 1. The van der Waals surface area contributed by atoms with Crippen LogP contribution in [0.1, 0.15) is 39.9 Å². The number of ketones is 1. The van der Waals surface area contributed by atoms with E-state index < -0.39 is 18.0 Å². The molecule has 158 valence electrons. The van der Waals surface area contributed by atoms with Crippen LogP contribution in [0.25, 0.3) is 0 Å². The third kappa shape index (κ3) is 4.11. The second kappa shape index (κ2) is 8.78. The molecule has 0 spiro atoms. The van der Waals surface area contributed by atoms with Gasteiger partial charge in [0.25, 0.3) is 0 Å². The molecule has 0 aromatic heterocycles. The average Bonchev–Trinajstić information content (AvgIpc) is 2.79. The number of halogens is 1. The van der Waals surface area contributed by atoms with Gasteiger partial charge in [0, 0.05) is 27.6 Å². The van der Waals surface area contributed by atoms with Gasteiger partial charge in [-0.25, -0.2) is 0 Å². The van der Waals surface area contributed by atoms with Crippen LogP contribution in [0.4, 0.5) is 5.69 Å². The van der Waals surface area contributed by atoms with E-state index in [0.717, 1.165) is 11.3 Å². The molecule has 3 aromatic carbocycles. The molecule has 0 aliphatic carbocycles. The molecule has 0 amide bonds. The van der Waals surface area contributed by atoms with Gasteiger partial charge >= 0.3 is 0 Å². The Morgan fingerprint density at radius 2 is 1.68 bits per heavy atom. The van der Waals surface area contributed by atoms with Gasteiger partial charge in [-0.2, -0.15) is 0 Å². The standard InChI is InChI=1S/C24H21ClN2O4/c1-31-16-12-10-15(11-13-16)22(28)14-19-17-6-3-5-9-21(17)26-23(24(19)27(29)30)18-7-2-4-8-20(18)25/h2-13,19,23-24,26H,14H2,1H3/t19-,23+,24-/m0/s1. The molecule has 0 fully saturated rings. The first kappa shape index (κ1) is 20.9. The van der Waals surface area contributed by atoms with Crippen LogP contribution in [0.3, 0.4) is 0 Å². The average molecular weight is 437 g/mol. The number of carbonyl (C=O) groups excluding carboxylic acids is 1. The van der Waals surface area contributed by atoms with E-state index in [9.17, 15) is 14.9 Å². The summed E-state index contributed by atoms with van der Waals surface area (Å²) in [6.45, 7) is 0. The molecule has 3 aromatic rings. The number of nitrogens with zero attached hydrogens (tertiary/aromatic N) is 1.